The lowest BCUT2D eigenvalue weighted by molar-refractivity contribution is -0.133. The van der Waals surface area contributed by atoms with Crippen LogP contribution in [0.15, 0.2) is 41.0 Å². The SMILES string of the molecule is CC(C)[C@@H]1NC(=O)[C@@H](NC(=O)CN)CCCCNC(=O)c2coc(n2)[C@@H](Cc2ccccc2)NC1=O. The molecule has 1 aliphatic rings. The number of carbonyl (C=O) groups excluding carboxylic acids is 4. The molecule has 11 heteroatoms. The molecule has 3 rings (SSSR count). The number of benzene rings is 1. The molecular formula is C25H34N6O5. The Labute approximate surface area is 210 Å². The maximum absolute atomic E-state index is 13.4. The van der Waals surface area contributed by atoms with Gasteiger partial charge in [0, 0.05) is 13.0 Å². The van der Waals surface area contributed by atoms with E-state index in [4.69, 9.17) is 10.2 Å². The van der Waals surface area contributed by atoms with Crippen LogP contribution in [0.3, 0.4) is 0 Å². The number of carbonyl (C=O) groups is 4. The third-order valence-corrected chi connectivity index (χ3v) is 5.94. The Bertz CT molecular complexity index is 1050. The van der Waals surface area contributed by atoms with Crippen LogP contribution in [0.2, 0.25) is 0 Å². The van der Waals surface area contributed by atoms with Crippen molar-refractivity contribution in [1.82, 2.24) is 26.3 Å². The molecule has 0 fully saturated rings. The lowest BCUT2D eigenvalue weighted by Crippen LogP contribution is -2.56. The first-order valence-electron chi connectivity index (χ1n) is 12.2. The molecule has 0 radical (unpaired) electrons. The van der Waals surface area contributed by atoms with Gasteiger partial charge < -0.3 is 31.4 Å². The Balaban J connectivity index is 1.91. The summed E-state index contributed by atoms with van der Waals surface area (Å²) in [4.78, 5) is 55.3. The molecule has 1 aliphatic heterocycles. The average Bonchev–Trinajstić information content (AvgIpc) is 3.36. The molecule has 1 aromatic heterocycles. The first-order chi connectivity index (χ1) is 17.3. The second kappa shape index (κ2) is 12.8. The average molecular weight is 499 g/mol. The van der Waals surface area contributed by atoms with Crippen molar-refractivity contribution >= 4 is 23.6 Å². The predicted molar refractivity (Wildman–Crippen MR) is 131 cm³/mol. The molecule has 6 N–H and O–H groups in total. The minimum atomic E-state index is -0.876. The maximum Gasteiger partial charge on any atom is 0.273 e. The summed E-state index contributed by atoms with van der Waals surface area (Å²) < 4.78 is 5.60. The van der Waals surface area contributed by atoms with Gasteiger partial charge in [0.2, 0.25) is 23.6 Å². The molecule has 11 nitrogen and oxygen atoms in total. The standard InChI is InChI=1S/C25H34N6O5/c1-15(2)21-24(35)29-18(12-16-8-4-3-5-9-16)25-30-19(14-36-25)22(33)27-11-7-6-10-17(23(34)31-21)28-20(32)13-26/h3-5,8-9,14-15,17-18,21H,6-7,10-13,26H2,1-2H3,(H,27,33)(H,28,32)(H,29,35)(H,31,34)/t17-,18+,21-/m0/s1. The summed E-state index contributed by atoms with van der Waals surface area (Å²) in [5.74, 6) is -1.83. The van der Waals surface area contributed by atoms with Crippen LogP contribution in [-0.4, -0.2) is 53.8 Å². The fourth-order valence-corrected chi connectivity index (χ4v) is 3.94. The molecule has 36 heavy (non-hydrogen) atoms. The highest BCUT2D eigenvalue weighted by Gasteiger charge is 2.31. The van der Waals surface area contributed by atoms with Gasteiger partial charge in [-0.1, -0.05) is 44.2 Å². The van der Waals surface area contributed by atoms with Crippen LogP contribution < -0.4 is 27.0 Å². The first-order valence-corrected chi connectivity index (χ1v) is 12.2. The van der Waals surface area contributed by atoms with Crippen molar-refractivity contribution in [2.24, 2.45) is 11.7 Å². The summed E-state index contributed by atoms with van der Waals surface area (Å²) in [5.41, 5.74) is 6.46. The molecule has 0 spiro atoms. The molecule has 0 aliphatic carbocycles. The van der Waals surface area contributed by atoms with Gasteiger partial charge in [-0.15, -0.1) is 0 Å². The Morgan fingerprint density at radius 2 is 1.89 bits per heavy atom. The van der Waals surface area contributed by atoms with E-state index in [0.717, 1.165) is 5.56 Å². The molecule has 0 unspecified atom stereocenters. The lowest BCUT2D eigenvalue weighted by atomic mass is 10.00. The van der Waals surface area contributed by atoms with Crippen LogP contribution in [-0.2, 0) is 20.8 Å². The molecule has 1 aromatic carbocycles. The van der Waals surface area contributed by atoms with Crippen LogP contribution in [0.1, 0.15) is 61.1 Å². The van der Waals surface area contributed by atoms with E-state index in [1.54, 1.807) is 0 Å². The monoisotopic (exact) mass is 498 g/mol. The van der Waals surface area contributed by atoms with Gasteiger partial charge in [0.05, 0.1) is 6.54 Å². The Hall–Kier alpha value is -3.73. The van der Waals surface area contributed by atoms with E-state index in [0.29, 0.717) is 32.2 Å². The van der Waals surface area contributed by atoms with Crippen LogP contribution in [0, 0.1) is 5.92 Å². The van der Waals surface area contributed by atoms with Crippen LogP contribution in [0.5, 0.6) is 0 Å². The molecule has 0 saturated carbocycles. The number of hydrogen-bond acceptors (Lipinski definition) is 7. The number of amides is 4. The van der Waals surface area contributed by atoms with Crippen molar-refractivity contribution < 1.29 is 23.6 Å². The Morgan fingerprint density at radius 3 is 2.58 bits per heavy atom. The zero-order valence-corrected chi connectivity index (χ0v) is 20.6. The van der Waals surface area contributed by atoms with Gasteiger partial charge in [-0.25, -0.2) is 4.98 Å². The van der Waals surface area contributed by atoms with E-state index in [-0.39, 0.29) is 24.0 Å². The third kappa shape index (κ3) is 7.38. The van der Waals surface area contributed by atoms with Crippen molar-refractivity contribution in [3.05, 3.63) is 53.7 Å². The van der Waals surface area contributed by atoms with E-state index < -0.39 is 41.8 Å². The fraction of sp³-hybridized carbons (Fsp3) is 0.480. The molecule has 0 saturated heterocycles. The zero-order valence-electron chi connectivity index (χ0n) is 20.6. The molecule has 2 aromatic rings. The topological polar surface area (TPSA) is 168 Å². The summed E-state index contributed by atoms with van der Waals surface area (Å²) in [7, 11) is 0. The number of nitrogens with zero attached hydrogens (tertiary/aromatic N) is 1. The van der Waals surface area contributed by atoms with Gasteiger partial charge in [0.25, 0.3) is 5.91 Å². The number of hydrogen-bond donors (Lipinski definition) is 5. The second-order valence-electron chi connectivity index (χ2n) is 9.13. The van der Waals surface area contributed by atoms with Gasteiger partial charge in [-0.2, -0.15) is 0 Å². The third-order valence-electron chi connectivity index (χ3n) is 5.94. The van der Waals surface area contributed by atoms with Crippen molar-refractivity contribution in [2.75, 3.05) is 13.1 Å². The summed E-state index contributed by atoms with van der Waals surface area (Å²) in [6.07, 6.45) is 3.08. The highest BCUT2D eigenvalue weighted by atomic mass is 16.3. The van der Waals surface area contributed by atoms with Gasteiger partial charge in [-0.3, -0.25) is 19.2 Å². The molecule has 2 bridgehead atoms. The highest BCUT2D eigenvalue weighted by Crippen LogP contribution is 2.20. The van der Waals surface area contributed by atoms with Crippen LogP contribution >= 0.6 is 0 Å². The number of nitrogens with two attached hydrogens (primary N) is 1. The van der Waals surface area contributed by atoms with E-state index >= 15 is 0 Å². The normalized spacial score (nSPS) is 21.9. The van der Waals surface area contributed by atoms with Gasteiger partial charge in [-0.05, 0) is 30.7 Å². The number of fused-ring (bicyclic) bond motifs is 2. The quantitative estimate of drug-likeness (QED) is 0.401. The van der Waals surface area contributed by atoms with Crippen molar-refractivity contribution in [3.8, 4) is 0 Å². The van der Waals surface area contributed by atoms with Crippen molar-refractivity contribution in [3.63, 3.8) is 0 Å². The summed E-state index contributed by atoms with van der Waals surface area (Å²) in [5, 5.41) is 11.1. The number of aromatic nitrogens is 1. The van der Waals surface area contributed by atoms with E-state index in [1.807, 2.05) is 44.2 Å². The molecular weight excluding hydrogens is 464 g/mol. The number of rotatable bonds is 5. The smallest absolute Gasteiger partial charge is 0.273 e. The first kappa shape index (κ1) is 26.9. The van der Waals surface area contributed by atoms with Gasteiger partial charge >= 0.3 is 0 Å². The minimum absolute atomic E-state index is 0.117. The molecule has 3 atom stereocenters. The number of nitrogens with one attached hydrogen (secondary N) is 4. The summed E-state index contributed by atoms with van der Waals surface area (Å²) in [6.45, 7) is 3.73. The largest absolute Gasteiger partial charge is 0.446 e. The van der Waals surface area contributed by atoms with Crippen LogP contribution in [0.4, 0.5) is 0 Å². The number of oxazole rings is 1. The molecule has 194 valence electrons. The second-order valence-corrected chi connectivity index (χ2v) is 9.13. The van der Waals surface area contributed by atoms with E-state index in [2.05, 4.69) is 26.3 Å². The maximum atomic E-state index is 13.4. The summed E-state index contributed by atoms with van der Waals surface area (Å²) >= 11 is 0. The fourth-order valence-electron chi connectivity index (χ4n) is 3.94. The van der Waals surface area contributed by atoms with Gasteiger partial charge in [0.15, 0.2) is 5.69 Å². The minimum Gasteiger partial charge on any atom is -0.446 e. The predicted octanol–water partition coefficient (Wildman–Crippen LogP) is 0.573. The Kier molecular flexibility index (Phi) is 9.57. The lowest BCUT2D eigenvalue weighted by Gasteiger charge is -2.27. The van der Waals surface area contributed by atoms with Crippen molar-refractivity contribution in [1.29, 1.82) is 0 Å². The van der Waals surface area contributed by atoms with Crippen molar-refractivity contribution in [2.45, 2.75) is 57.7 Å². The molecule has 4 amide bonds. The van der Waals surface area contributed by atoms with E-state index in [1.165, 1.54) is 6.26 Å². The Morgan fingerprint density at radius 1 is 1.14 bits per heavy atom. The van der Waals surface area contributed by atoms with Gasteiger partial charge in [0.1, 0.15) is 24.4 Å². The molecule has 2 heterocycles. The summed E-state index contributed by atoms with van der Waals surface area (Å²) in [6, 6.07) is 7.06. The van der Waals surface area contributed by atoms with Crippen LogP contribution in [0.25, 0.3) is 0 Å². The van der Waals surface area contributed by atoms with E-state index in [9.17, 15) is 19.2 Å². The zero-order chi connectivity index (χ0) is 26.1. The highest BCUT2D eigenvalue weighted by molar-refractivity contribution is 5.93.